The van der Waals surface area contributed by atoms with Crippen molar-refractivity contribution < 1.29 is 0 Å². The largest absolute Gasteiger partial charge is 0.367 e. The van der Waals surface area contributed by atoms with Crippen LogP contribution >= 0.6 is 0 Å². The highest BCUT2D eigenvalue weighted by Gasteiger charge is 2.20. The average molecular weight is 266 g/mol. The Kier molecular flexibility index (Phi) is 3.75. The van der Waals surface area contributed by atoms with Gasteiger partial charge in [-0.2, -0.15) is 0 Å². The number of anilines is 1. The van der Waals surface area contributed by atoms with Gasteiger partial charge in [-0.15, -0.1) is 0 Å². The predicted octanol–water partition coefficient (Wildman–Crippen LogP) is 3.53. The molecule has 0 bridgehead atoms. The first-order chi connectivity index (χ1) is 9.78. The summed E-state index contributed by atoms with van der Waals surface area (Å²) in [6.07, 6.45) is 1.16. The first-order valence-electron chi connectivity index (χ1n) is 7.37. The summed E-state index contributed by atoms with van der Waals surface area (Å²) in [5.74, 6) is 0. The van der Waals surface area contributed by atoms with Crippen LogP contribution in [0.2, 0.25) is 0 Å². The van der Waals surface area contributed by atoms with Crippen molar-refractivity contribution in [1.82, 2.24) is 5.32 Å². The first-order valence-corrected chi connectivity index (χ1v) is 7.37. The van der Waals surface area contributed by atoms with Gasteiger partial charge in [-0.05, 0) is 43.1 Å². The van der Waals surface area contributed by atoms with Gasteiger partial charge < -0.3 is 10.2 Å². The second kappa shape index (κ2) is 5.68. The van der Waals surface area contributed by atoms with E-state index in [4.69, 9.17) is 0 Å². The molecular weight excluding hydrogens is 244 g/mol. The number of nitrogens with zero attached hydrogens (tertiary/aromatic N) is 1. The second-order valence-electron chi connectivity index (χ2n) is 5.56. The molecule has 2 aromatic rings. The molecule has 0 aromatic heterocycles. The van der Waals surface area contributed by atoms with Crippen molar-refractivity contribution in [2.45, 2.75) is 25.9 Å². The van der Waals surface area contributed by atoms with E-state index in [-0.39, 0.29) is 0 Å². The zero-order valence-electron chi connectivity index (χ0n) is 12.3. The van der Waals surface area contributed by atoms with Crippen LogP contribution in [0.4, 0.5) is 5.69 Å². The number of fused-ring (bicyclic) bond motifs is 1. The standard InChI is InChI=1S/C18H22N2/c1-14(19-2)17-9-8-16-10-11-20(18(16)12-17)13-15-6-4-3-5-7-15/h3-9,12,14,19H,10-11,13H2,1-2H3. The molecule has 2 nitrogen and oxygen atoms in total. The lowest BCUT2D eigenvalue weighted by Crippen LogP contribution is -2.20. The third-order valence-corrected chi connectivity index (χ3v) is 4.25. The van der Waals surface area contributed by atoms with E-state index in [2.05, 4.69) is 65.7 Å². The summed E-state index contributed by atoms with van der Waals surface area (Å²) in [5.41, 5.74) is 5.64. The Bertz CT molecular complexity index is 577. The third kappa shape index (κ3) is 2.56. The van der Waals surface area contributed by atoms with Gasteiger partial charge in [0, 0.05) is 24.8 Å². The van der Waals surface area contributed by atoms with Crippen LogP contribution in [0.5, 0.6) is 0 Å². The Hall–Kier alpha value is -1.80. The van der Waals surface area contributed by atoms with Gasteiger partial charge in [0.15, 0.2) is 0 Å². The maximum absolute atomic E-state index is 3.32. The topological polar surface area (TPSA) is 15.3 Å². The van der Waals surface area contributed by atoms with Crippen LogP contribution in [-0.4, -0.2) is 13.6 Å². The molecule has 3 rings (SSSR count). The van der Waals surface area contributed by atoms with Gasteiger partial charge in [-0.25, -0.2) is 0 Å². The Morgan fingerprint density at radius 3 is 2.70 bits per heavy atom. The van der Waals surface area contributed by atoms with Crippen LogP contribution in [0, 0.1) is 0 Å². The normalized spacial score (nSPS) is 15.2. The van der Waals surface area contributed by atoms with Crippen molar-refractivity contribution in [2.75, 3.05) is 18.5 Å². The highest BCUT2D eigenvalue weighted by atomic mass is 15.1. The van der Waals surface area contributed by atoms with Crippen LogP contribution in [0.3, 0.4) is 0 Å². The molecule has 1 heterocycles. The monoisotopic (exact) mass is 266 g/mol. The molecule has 0 saturated carbocycles. The fraction of sp³-hybridized carbons (Fsp3) is 0.333. The minimum atomic E-state index is 0.402. The zero-order valence-corrected chi connectivity index (χ0v) is 12.3. The summed E-state index contributed by atoms with van der Waals surface area (Å²) in [4.78, 5) is 2.50. The molecule has 1 atom stereocenters. The van der Waals surface area contributed by atoms with E-state index in [9.17, 15) is 0 Å². The summed E-state index contributed by atoms with van der Waals surface area (Å²) >= 11 is 0. The first kappa shape index (κ1) is 13.2. The molecule has 0 radical (unpaired) electrons. The lowest BCUT2D eigenvalue weighted by atomic mass is 10.0. The Balaban J connectivity index is 1.85. The van der Waals surface area contributed by atoms with E-state index >= 15 is 0 Å². The van der Waals surface area contributed by atoms with Gasteiger partial charge in [0.25, 0.3) is 0 Å². The van der Waals surface area contributed by atoms with E-state index in [0.717, 1.165) is 19.5 Å². The quantitative estimate of drug-likeness (QED) is 0.910. The minimum absolute atomic E-state index is 0.402. The molecular formula is C18H22N2. The van der Waals surface area contributed by atoms with Gasteiger partial charge in [0.1, 0.15) is 0 Å². The molecule has 2 heteroatoms. The van der Waals surface area contributed by atoms with Crippen molar-refractivity contribution in [3.05, 3.63) is 65.2 Å². The molecule has 2 aromatic carbocycles. The number of rotatable bonds is 4. The summed E-state index contributed by atoms with van der Waals surface area (Å²) < 4.78 is 0. The van der Waals surface area contributed by atoms with Gasteiger partial charge in [-0.1, -0.05) is 42.5 Å². The van der Waals surface area contributed by atoms with E-state index < -0.39 is 0 Å². The molecule has 0 saturated heterocycles. The van der Waals surface area contributed by atoms with E-state index in [1.807, 2.05) is 7.05 Å². The van der Waals surface area contributed by atoms with Gasteiger partial charge in [0.05, 0.1) is 0 Å². The maximum atomic E-state index is 3.32. The molecule has 1 unspecified atom stereocenters. The smallest absolute Gasteiger partial charge is 0.0429 e. The van der Waals surface area contributed by atoms with Crippen LogP contribution in [0.25, 0.3) is 0 Å². The second-order valence-corrected chi connectivity index (χ2v) is 5.56. The fourth-order valence-electron chi connectivity index (χ4n) is 2.87. The van der Waals surface area contributed by atoms with Crippen LogP contribution < -0.4 is 10.2 Å². The van der Waals surface area contributed by atoms with Gasteiger partial charge in [0.2, 0.25) is 0 Å². The SMILES string of the molecule is CNC(C)c1ccc2c(c1)N(Cc1ccccc1)CC2. The van der Waals surface area contributed by atoms with E-state index in [1.54, 1.807) is 0 Å². The maximum Gasteiger partial charge on any atom is 0.0429 e. The van der Waals surface area contributed by atoms with Crippen molar-refractivity contribution in [2.24, 2.45) is 0 Å². The zero-order chi connectivity index (χ0) is 13.9. The fourth-order valence-corrected chi connectivity index (χ4v) is 2.87. The Morgan fingerprint density at radius 2 is 1.95 bits per heavy atom. The summed E-state index contributed by atoms with van der Waals surface area (Å²) in [5, 5.41) is 3.32. The molecule has 1 N–H and O–H groups in total. The molecule has 1 aliphatic rings. The lowest BCUT2D eigenvalue weighted by molar-refractivity contribution is 0.652. The Morgan fingerprint density at radius 1 is 1.15 bits per heavy atom. The lowest BCUT2D eigenvalue weighted by Gasteiger charge is -2.21. The predicted molar refractivity (Wildman–Crippen MR) is 85.1 cm³/mol. The molecule has 1 aliphatic heterocycles. The Labute approximate surface area is 121 Å². The van der Waals surface area contributed by atoms with Crippen LogP contribution in [0.1, 0.15) is 29.7 Å². The summed E-state index contributed by atoms with van der Waals surface area (Å²) in [6.45, 7) is 4.34. The summed E-state index contributed by atoms with van der Waals surface area (Å²) in [7, 11) is 2.01. The van der Waals surface area contributed by atoms with E-state index in [0.29, 0.717) is 6.04 Å². The van der Waals surface area contributed by atoms with Crippen molar-refractivity contribution in [3.63, 3.8) is 0 Å². The molecule has 0 amide bonds. The van der Waals surface area contributed by atoms with Crippen LogP contribution in [-0.2, 0) is 13.0 Å². The number of benzene rings is 2. The van der Waals surface area contributed by atoms with Gasteiger partial charge in [-0.3, -0.25) is 0 Å². The molecule has 0 fully saturated rings. The van der Waals surface area contributed by atoms with Gasteiger partial charge >= 0.3 is 0 Å². The van der Waals surface area contributed by atoms with E-state index in [1.165, 1.54) is 22.4 Å². The highest BCUT2D eigenvalue weighted by molar-refractivity contribution is 5.60. The minimum Gasteiger partial charge on any atom is -0.367 e. The number of hydrogen-bond donors (Lipinski definition) is 1. The highest BCUT2D eigenvalue weighted by Crippen LogP contribution is 2.31. The molecule has 0 aliphatic carbocycles. The number of hydrogen-bond acceptors (Lipinski definition) is 2. The van der Waals surface area contributed by atoms with Crippen LogP contribution in [0.15, 0.2) is 48.5 Å². The van der Waals surface area contributed by atoms with Crippen molar-refractivity contribution in [1.29, 1.82) is 0 Å². The average Bonchev–Trinajstić information content (AvgIpc) is 2.90. The molecule has 104 valence electrons. The van der Waals surface area contributed by atoms with Crippen molar-refractivity contribution >= 4 is 5.69 Å². The molecule has 0 spiro atoms. The molecule has 20 heavy (non-hydrogen) atoms. The third-order valence-electron chi connectivity index (χ3n) is 4.25. The summed E-state index contributed by atoms with van der Waals surface area (Å²) in [6, 6.07) is 18.0. The number of nitrogens with one attached hydrogen (secondary N) is 1. The van der Waals surface area contributed by atoms with Crippen molar-refractivity contribution in [3.8, 4) is 0 Å².